The molecule has 0 unspecified atom stereocenters. The number of carbonyl (C=O) groups is 2. The van der Waals surface area contributed by atoms with Gasteiger partial charge in [-0.3, -0.25) is 9.59 Å². The molecule has 0 atom stereocenters. The van der Waals surface area contributed by atoms with Crippen LogP contribution in [0, 0.1) is 0 Å². The third kappa shape index (κ3) is 33.1. The molecule has 1 aromatic rings. The summed E-state index contributed by atoms with van der Waals surface area (Å²) in [5.41, 5.74) is 2.81. The number of aliphatic hydroxyl groups is 1. The van der Waals surface area contributed by atoms with E-state index in [1.165, 1.54) is 120 Å². The van der Waals surface area contributed by atoms with Gasteiger partial charge in [0.05, 0.1) is 13.2 Å². The van der Waals surface area contributed by atoms with Crippen molar-refractivity contribution in [1.29, 1.82) is 0 Å². The number of aliphatic hydroxyl groups excluding tert-OH is 1. The first kappa shape index (κ1) is 52.1. The van der Waals surface area contributed by atoms with Crippen molar-refractivity contribution in [2.75, 3.05) is 32.8 Å². The lowest BCUT2D eigenvalue weighted by Gasteiger charge is -2.21. The molecule has 0 saturated carbocycles. The highest BCUT2D eigenvalue weighted by atomic mass is 16.5. The Morgan fingerprint density at radius 3 is 1.41 bits per heavy atom. The Kier molecular flexibility index (Phi) is 37.1. The molecular weight excluding hydrogens is 695 g/mol. The third-order valence-electron chi connectivity index (χ3n) is 11.4. The van der Waals surface area contributed by atoms with E-state index in [2.05, 4.69) is 49.9 Å². The Balaban J connectivity index is 2.07. The SMILES string of the molecule is CCCCCCCCC(CCCCCCCC)OC(=O)CCCCCCCN(CCO)CCCCCCCC(=O)OCCCCc1ccc(CCCCC)cc1. The van der Waals surface area contributed by atoms with Gasteiger partial charge in [0.25, 0.3) is 0 Å². The normalized spacial score (nSPS) is 11.5. The zero-order valence-electron chi connectivity index (χ0n) is 37.3. The van der Waals surface area contributed by atoms with Crippen LogP contribution >= 0.6 is 0 Å². The van der Waals surface area contributed by atoms with Crippen LogP contribution in [0.5, 0.6) is 0 Å². The van der Waals surface area contributed by atoms with Crippen molar-refractivity contribution in [2.45, 2.75) is 239 Å². The van der Waals surface area contributed by atoms with Gasteiger partial charge in [0.1, 0.15) is 6.10 Å². The van der Waals surface area contributed by atoms with Crippen LogP contribution in [0.15, 0.2) is 24.3 Å². The summed E-state index contributed by atoms with van der Waals surface area (Å²) in [5, 5.41) is 9.59. The monoisotopic (exact) mass is 786 g/mol. The van der Waals surface area contributed by atoms with Gasteiger partial charge >= 0.3 is 11.9 Å². The van der Waals surface area contributed by atoms with E-state index in [-0.39, 0.29) is 24.6 Å². The maximum Gasteiger partial charge on any atom is 0.306 e. The molecule has 0 spiro atoms. The Bertz CT molecular complexity index is 982. The Labute approximate surface area is 347 Å². The predicted molar refractivity (Wildman–Crippen MR) is 238 cm³/mol. The Hall–Kier alpha value is -1.92. The quantitative estimate of drug-likeness (QED) is 0.0525. The summed E-state index contributed by atoms with van der Waals surface area (Å²) in [4.78, 5) is 27.3. The van der Waals surface area contributed by atoms with E-state index in [9.17, 15) is 14.7 Å². The molecule has 56 heavy (non-hydrogen) atoms. The molecule has 0 saturated heterocycles. The molecule has 0 amide bonds. The molecular formula is C50H91NO5. The molecule has 326 valence electrons. The first-order valence-electron chi connectivity index (χ1n) is 24.3. The molecule has 0 bridgehead atoms. The molecule has 1 N–H and O–H groups in total. The van der Waals surface area contributed by atoms with Gasteiger partial charge in [-0.25, -0.2) is 0 Å². The highest BCUT2D eigenvalue weighted by molar-refractivity contribution is 5.69. The number of ether oxygens (including phenoxy) is 2. The van der Waals surface area contributed by atoms with Crippen LogP contribution in [0.2, 0.25) is 0 Å². The predicted octanol–water partition coefficient (Wildman–Crippen LogP) is 13.7. The molecule has 0 aromatic heterocycles. The maximum atomic E-state index is 12.7. The van der Waals surface area contributed by atoms with Crippen molar-refractivity contribution < 1.29 is 24.2 Å². The van der Waals surface area contributed by atoms with Crippen LogP contribution in [-0.4, -0.2) is 60.9 Å². The van der Waals surface area contributed by atoms with Crippen LogP contribution in [-0.2, 0) is 31.9 Å². The molecule has 0 heterocycles. The summed E-state index contributed by atoms with van der Waals surface area (Å²) in [5.74, 6) is -0.0426. The van der Waals surface area contributed by atoms with Crippen molar-refractivity contribution in [3.8, 4) is 0 Å². The number of aryl methyl sites for hydroxylation is 2. The minimum Gasteiger partial charge on any atom is -0.466 e. The number of esters is 2. The zero-order chi connectivity index (χ0) is 40.6. The Morgan fingerprint density at radius 1 is 0.500 bits per heavy atom. The summed E-state index contributed by atoms with van der Waals surface area (Å²) >= 11 is 0. The van der Waals surface area contributed by atoms with E-state index in [1.54, 1.807) is 0 Å². The van der Waals surface area contributed by atoms with Crippen LogP contribution in [0.1, 0.15) is 231 Å². The molecule has 0 radical (unpaired) electrons. The summed E-state index contributed by atoms with van der Waals surface area (Å²) in [6.45, 7) is 10.3. The highest BCUT2D eigenvalue weighted by Gasteiger charge is 2.14. The fraction of sp³-hybridized carbons (Fsp3) is 0.840. The minimum atomic E-state index is -0.0540. The summed E-state index contributed by atoms with van der Waals surface area (Å²) < 4.78 is 11.5. The van der Waals surface area contributed by atoms with Crippen LogP contribution in [0.3, 0.4) is 0 Å². The summed E-state index contributed by atoms with van der Waals surface area (Å²) in [6, 6.07) is 9.05. The van der Waals surface area contributed by atoms with E-state index in [1.807, 2.05) is 0 Å². The molecule has 0 aliphatic heterocycles. The number of carbonyl (C=O) groups excluding carboxylic acids is 2. The van der Waals surface area contributed by atoms with Crippen molar-refractivity contribution in [1.82, 2.24) is 4.90 Å². The molecule has 0 aliphatic carbocycles. The first-order valence-corrected chi connectivity index (χ1v) is 24.3. The number of hydrogen-bond acceptors (Lipinski definition) is 6. The standard InChI is InChI=1S/C50H91NO5/c1-4-7-10-12-16-23-33-48(34-24-17-13-11-8-5-2)56-50(54)36-26-19-15-21-29-42-51(43-44-52)41-28-20-14-18-25-35-49(53)55-45-30-27-32-47-39-37-46(38-40-47)31-22-9-6-3/h37-40,48,52H,4-36,41-45H2,1-3H3. The topological polar surface area (TPSA) is 76.1 Å². The smallest absolute Gasteiger partial charge is 0.306 e. The third-order valence-corrected chi connectivity index (χ3v) is 11.4. The Morgan fingerprint density at radius 2 is 0.911 bits per heavy atom. The lowest BCUT2D eigenvalue weighted by Crippen LogP contribution is -2.29. The van der Waals surface area contributed by atoms with Gasteiger partial charge in [0.15, 0.2) is 0 Å². The average molecular weight is 786 g/mol. The molecule has 0 aliphatic rings. The highest BCUT2D eigenvalue weighted by Crippen LogP contribution is 2.19. The average Bonchev–Trinajstić information content (AvgIpc) is 3.20. The van der Waals surface area contributed by atoms with Gasteiger partial charge in [-0.15, -0.1) is 0 Å². The number of unbranched alkanes of at least 4 members (excludes halogenated alkanes) is 21. The second-order valence-corrected chi connectivity index (χ2v) is 16.8. The lowest BCUT2D eigenvalue weighted by molar-refractivity contribution is -0.150. The summed E-state index contributed by atoms with van der Waals surface area (Å²) in [6.07, 6.45) is 37.5. The maximum absolute atomic E-state index is 12.7. The second kappa shape index (κ2) is 39.9. The molecule has 0 fully saturated rings. The fourth-order valence-corrected chi connectivity index (χ4v) is 7.70. The van der Waals surface area contributed by atoms with Gasteiger partial charge in [0, 0.05) is 19.4 Å². The second-order valence-electron chi connectivity index (χ2n) is 16.8. The van der Waals surface area contributed by atoms with Gasteiger partial charge in [-0.1, -0.05) is 161 Å². The van der Waals surface area contributed by atoms with E-state index in [4.69, 9.17) is 9.47 Å². The summed E-state index contributed by atoms with van der Waals surface area (Å²) in [7, 11) is 0. The van der Waals surface area contributed by atoms with Crippen molar-refractivity contribution in [3.63, 3.8) is 0 Å². The van der Waals surface area contributed by atoms with Gasteiger partial charge in [-0.05, 0) is 108 Å². The minimum absolute atomic E-state index is 0.0113. The molecule has 6 nitrogen and oxygen atoms in total. The zero-order valence-corrected chi connectivity index (χ0v) is 37.3. The molecule has 6 heteroatoms. The van der Waals surface area contributed by atoms with E-state index in [0.717, 1.165) is 110 Å². The number of hydrogen-bond donors (Lipinski definition) is 1. The molecule has 1 aromatic carbocycles. The van der Waals surface area contributed by atoms with Crippen LogP contribution < -0.4 is 0 Å². The fourth-order valence-electron chi connectivity index (χ4n) is 7.70. The largest absolute Gasteiger partial charge is 0.466 e. The van der Waals surface area contributed by atoms with Gasteiger partial charge in [0.2, 0.25) is 0 Å². The number of benzene rings is 1. The van der Waals surface area contributed by atoms with Gasteiger partial charge < -0.3 is 19.5 Å². The van der Waals surface area contributed by atoms with Gasteiger partial charge in [-0.2, -0.15) is 0 Å². The van der Waals surface area contributed by atoms with Crippen molar-refractivity contribution >= 4 is 11.9 Å². The number of rotatable bonds is 42. The van der Waals surface area contributed by atoms with Crippen LogP contribution in [0.25, 0.3) is 0 Å². The molecule has 1 rings (SSSR count). The number of nitrogens with zero attached hydrogens (tertiary/aromatic N) is 1. The van der Waals surface area contributed by atoms with E-state index >= 15 is 0 Å². The van der Waals surface area contributed by atoms with E-state index in [0.29, 0.717) is 19.4 Å². The van der Waals surface area contributed by atoms with Crippen molar-refractivity contribution in [3.05, 3.63) is 35.4 Å². The van der Waals surface area contributed by atoms with Crippen molar-refractivity contribution in [2.24, 2.45) is 0 Å². The van der Waals surface area contributed by atoms with E-state index < -0.39 is 0 Å². The first-order chi connectivity index (χ1) is 27.5. The van der Waals surface area contributed by atoms with Crippen LogP contribution in [0.4, 0.5) is 0 Å². The lowest BCUT2D eigenvalue weighted by atomic mass is 10.0.